The quantitative estimate of drug-likeness (QED) is 0.197. The lowest BCUT2D eigenvalue weighted by Gasteiger charge is -2.14. The van der Waals surface area contributed by atoms with Gasteiger partial charge in [-0.1, -0.05) is 11.2 Å². The summed E-state index contributed by atoms with van der Waals surface area (Å²) >= 11 is 0. The first kappa shape index (κ1) is 27.8. The van der Waals surface area contributed by atoms with E-state index in [1.54, 1.807) is 24.3 Å². The van der Waals surface area contributed by atoms with Crippen LogP contribution in [0.2, 0.25) is 0 Å². The highest BCUT2D eigenvalue weighted by atomic mass is 19.1. The van der Waals surface area contributed by atoms with Crippen LogP contribution in [0.4, 0.5) is 13.2 Å². The first-order valence-corrected chi connectivity index (χ1v) is 12.8. The Labute approximate surface area is 231 Å². The van der Waals surface area contributed by atoms with Crippen LogP contribution in [0.3, 0.4) is 0 Å². The molecule has 3 aromatic carbocycles. The zero-order chi connectivity index (χ0) is 28.9. The predicted octanol–water partition coefficient (Wildman–Crippen LogP) is 5.97. The van der Waals surface area contributed by atoms with Gasteiger partial charge < -0.3 is 14.4 Å². The van der Waals surface area contributed by atoms with Crippen LogP contribution in [0.5, 0.6) is 0 Å². The van der Waals surface area contributed by atoms with Crippen molar-refractivity contribution in [1.29, 1.82) is 0 Å². The van der Waals surface area contributed by atoms with Gasteiger partial charge in [0, 0.05) is 30.0 Å². The Kier molecular flexibility index (Phi) is 8.25. The van der Waals surface area contributed by atoms with Gasteiger partial charge in [-0.15, -0.1) is 0 Å². The van der Waals surface area contributed by atoms with Crippen LogP contribution >= 0.6 is 0 Å². The van der Waals surface area contributed by atoms with Crippen molar-refractivity contribution in [3.05, 3.63) is 112 Å². The van der Waals surface area contributed by atoms with Crippen molar-refractivity contribution in [3.8, 4) is 16.9 Å². The Hall–Kier alpha value is -4.77. The number of carbonyl (C=O) groups is 1. The number of nitrogens with zero attached hydrogens (tertiary/aromatic N) is 3. The molecule has 0 aliphatic heterocycles. The van der Waals surface area contributed by atoms with Gasteiger partial charge in [-0.25, -0.2) is 18.2 Å². The van der Waals surface area contributed by atoms with E-state index in [-0.39, 0.29) is 30.8 Å². The lowest BCUT2D eigenvalue weighted by molar-refractivity contribution is -0.137. The number of aliphatic carboxylic acids is 1. The number of carboxylic acids is 1. The Morgan fingerprint density at radius 2 is 1.71 bits per heavy atom. The summed E-state index contributed by atoms with van der Waals surface area (Å²) in [6.07, 6.45) is 1.21. The van der Waals surface area contributed by atoms with Crippen molar-refractivity contribution in [2.45, 2.75) is 38.9 Å². The largest absolute Gasteiger partial charge is 0.481 e. The molecule has 210 valence electrons. The minimum atomic E-state index is -0.907. The topological polar surface area (TPSA) is 107 Å². The maximum absolute atomic E-state index is 13.8. The number of ether oxygens (including phenoxy) is 1. The summed E-state index contributed by atoms with van der Waals surface area (Å²) in [5.41, 5.74) is 1.65. The van der Waals surface area contributed by atoms with Gasteiger partial charge in [0.05, 0.1) is 23.2 Å². The third-order valence-electron chi connectivity index (χ3n) is 6.43. The maximum atomic E-state index is 13.8. The Morgan fingerprint density at radius 1 is 0.927 bits per heavy atom. The number of carboxylic acid groups (broad SMARTS) is 1. The number of rotatable bonds is 11. The highest BCUT2D eigenvalue weighted by Crippen LogP contribution is 2.24. The number of aryl methyl sites for hydroxylation is 1. The summed E-state index contributed by atoms with van der Waals surface area (Å²) in [6, 6.07) is 15.2. The van der Waals surface area contributed by atoms with Gasteiger partial charge >= 0.3 is 5.97 Å². The molecule has 5 aromatic rings. The molecule has 0 saturated carbocycles. The van der Waals surface area contributed by atoms with Gasteiger partial charge in [0.15, 0.2) is 5.76 Å². The van der Waals surface area contributed by atoms with Crippen LogP contribution in [0.1, 0.15) is 36.4 Å². The van der Waals surface area contributed by atoms with E-state index >= 15 is 0 Å². The van der Waals surface area contributed by atoms with Crippen molar-refractivity contribution in [1.82, 2.24) is 14.7 Å². The van der Waals surface area contributed by atoms with Gasteiger partial charge in [0.1, 0.15) is 35.6 Å². The molecule has 2 heterocycles. The van der Waals surface area contributed by atoms with E-state index < -0.39 is 23.4 Å². The average Bonchev–Trinajstić information content (AvgIpc) is 3.42. The van der Waals surface area contributed by atoms with E-state index in [1.165, 1.54) is 28.8 Å². The zero-order valence-corrected chi connectivity index (χ0v) is 21.6. The number of hydrogen-bond acceptors (Lipinski definition) is 6. The zero-order valence-electron chi connectivity index (χ0n) is 21.6. The smallest absolute Gasteiger partial charge is 0.303 e. The number of hydrogen-bond donors (Lipinski definition) is 1. The molecule has 0 spiro atoms. The minimum Gasteiger partial charge on any atom is -0.481 e. The van der Waals surface area contributed by atoms with Crippen LogP contribution in [-0.4, -0.2) is 25.8 Å². The van der Waals surface area contributed by atoms with Crippen LogP contribution < -0.4 is 5.56 Å². The van der Waals surface area contributed by atoms with Gasteiger partial charge in [-0.3, -0.25) is 14.2 Å². The molecule has 0 atom stereocenters. The van der Waals surface area contributed by atoms with Crippen molar-refractivity contribution in [3.63, 3.8) is 0 Å². The fourth-order valence-electron chi connectivity index (χ4n) is 4.41. The van der Waals surface area contributed by atoms with E-state index in [0.29, 0.717) is 58.7 Å². The lowest BCUT2D eigenvalue weighted by atomic mass is 10.1. The SMILES string of the molecule is O=C(O)CCCCc1nc2cc(-c3cc(COCc4cc(F)ccc4F)on3)ccc2c(=O)n1-c1ccc(F)cc1. The van der Waals surface area contributed by atoms with Gasteiger partial charge in [0.25, 0.3) is 5.56 Å². The fraction of sp³-hybridized carbons (Fsp3) is 0.200. The van der Waals surface area contributed by atoms with E-state index in [1.807, 2.05) is 0 Å². The normalized spacial score (nSPS) is 11.3. The minimum absolute atomic E-state index is 0.00606. The summed E-state index contributed by atoms with van der Waals surface area (Å²) in [6.45, 7) is -0.188. The highest BCUT2D eigenvalue weighted by molar-refractivity contribution is 5.83. The fourth-order valence-corrected chi connectivity index (χ4v) is 4.41. The lowest BCUT2D eigenvalue weighted by Crippen LogP contribution is -2.24. The summed E-state index contributed by atoms with van der Waals surface area (Å²) in [5, 5.41) is 13.3. The molecule has 1 N–H and O–H groups in total. The molecule has 0 amide bonds. The van der Waals surface area contributed by atoms with Gasteiger partial charge in [-0.2, -0.15) is 0 Å². The van der Waals surface area contributed by atoms with Crippen LogP contribution in [-0.2, 0) is 29.2 Å². The molecular formula is C30H24F3N3O5. The molecule has 0 saturated heterocycles. The summed E-state index contributed by atoms with van der Waals surface area (Å²) in [4.78, 5) is 29.2. The molecular weight excluding hydrogens is 539 g/mol. The monoisotopic (exact) mass is 563 g/mol. The summed E-state index contributed by atoms with van der Waals surface area (Å²) in [5.74, 6) is -1.72. The summed E-state index contributed by atoms with van der Waals surface area (Å²) in [7, 11) is 0. The molecule has 2 aromatic heterocycles. The highest BCUT2D eigenvalue weighted by Gasteiger charge is 2.16. The van der Waals surface area contributed by atoms with Crippen molar-refractivity contribution < 1.29 is 32.3 Å². The molecule has 0 bridgehead atoms. The Balaban J connectivity index is 1.40. The summed E-state index contributed by atoms with van der Waals surface area (Å²) < 4.78 is 52.9. The molecule has 8 nitrogen and oxygen atoms in total. The van der Waals surface area contributed by atoms with Crippen LogP contribution in [0.15, 0.2) is 76.0 Å². The van der Waals surface area contributed by atoms with Gasteiger partial charge in [0.2, 0.25) is 0 Å². The molecule has 11 heteroatoms. The van der Waals surface area contributed by atoms with Crippen molar-refractivity contribution in [2.75, 3.05) is 0 Å². The van der Waals surface area contributed by atoms with Crippen molar-refractivity contribution in [2.24, 2.45) is 0 Å². The second kappa shape index (κ2) is 12.2. The molecule has 0 aliphatic carbocycles. The Morgan fingerprint density at radius 3 is 2.49 bits per heavy atom. The number of fused-ring (bicyclic) bond motifs is 1. The van der Waals surface area contributed by atoms with E-state index in [4.69, 9.17) is 19.4 Å². The third kappa shape index (κ3) is 6.52. The number of aromatic nitrogens is 3. The number of benzene rings is 3. The molecule has 5 rings (SSSR count). The van der Waals surface area contributed by atoms with Crippen LogP contribution in [0, 0.1) is 17.5 Å². The molecule has 0 fully saturated rings. The van der Waals surface area contributed by atoms with E-state index in [0.717, 1.165) is 18.2 Å². The molecule has 0 radical (unpaired) electrons. The van der Waals surface area contributed by atoms with E-state index in [2.05, 4.69) is 5.16 Å². The number of halogens is 3. The second-order valence-corrected chi connectivity index (χ2v) is 9.38. The van der Waals surface area contributed by atoms with E-state index in [9.17, 15) is 22.8 Å². The molecule has 0 unspecified atom stereocenters. The second-order valence-electron chi connectivity index (χ2n) is 9.38. The standard InChI is InChI=1S/C30H24F3N3O5/c31-20-6-9-22(10-7-20)36-28(3-1-2-4-29(37)38)34-27-14-18(5-11-24(27)30(36)39)26-15-23(41-35-26)17-40-16-19-13-21(32)8-12-25(19)33/h5-15H,1-4,16-17H2,(H,37,38). The molecule has 0 aliphatic rings. The third-order valence-corrected chi connectivity index (χ3v) is 6.43. The predicted molar refractivity (Wildman–Crippen MR) is 143 cm³/mol. The van der Waals surface area contributed by atoms with Crippen LogP contribution in [0.25, 0.3) is 27.8 Å². The first-order chi connectivity index (χ1) is 19.8. The van der Waals surface area contributed by atoms with Gasteiger partial charge in [-0.05, 0) is 67.4 Å². The molecule has 41 heavy (non-hydrogen) atoms. The average molecular weight is 564 g/mol. The first-order valence-electron chi connectivity index (χ1n) is 12.8. The maximum Gasteiger partial charge on any atom is 0.303 e. The van der Waals surface area contributed by atoms with Crippen molar-refractivity contribution >= 4 is 16.9 Å². The number of unbranched alkanes of at least 4 members (excludes halogenated alkanes) is 1. The Bertz CT molecular complexity index is 1770.